The summed E-state index contributed by atoms with van der Waals surface area (Å²) in [4.78, 5) is 40.9. The van der Waals surface area contributed by atoms with Crippen LogP contribution in [-0.4, -0.2) is 60.4 Å². The number of carbonyl (C=O) groups is 2. The molecule has 0 radical (unpaired) electrons. The predicted molar refractivity (Wildman–Crippen MR) is 96.1 cm³/mol. The highest BCUT2D eigenvalue weighted by atomic mass is 35.5. The van der Waals surface area contributed by atoms with Crippen molar-refractivity contribution in [2.75, 3.05) is 18.1 Å². The van der Waals surface area contributed by atoms with Gasteiger partial charge >= 0.3 is 5.97 Å². The highest BCUT2D eigenvalue weighted by molar-refractivity contribution is 7.91. The zero-order valence-electron chi connectivity index (χ0n) is 14.7. The van der Waals surface area contributed by atoms with Crippen LogP contribution in [0.4, 0.5) is 0 Å². The van der Waals surface area contributed by atoms with E-state index in [0.717, 1.165) is 0 Å². The molecule has 2 heterocycles. The highest BCUT2D eigenvalue weighted by Crippen LogP contribution is 2.19. The summed E-state index contributed by atoms with van der Waals surface area (Å²) in [5, 5.41) is -0.121. The Bertz CT molecular complexity index is 879. The molecule has 1 aliphatic heterocycles. The maximum absolute atomic E-state index is 12.6. The Labute approximate surface area is 156 Å². The molecular formula is C16H21ClN2O6S. The number of H-pyrrole nitrogens is 1. The molecule has 8 nitrogen and oxygen atoms in total. The molecule has 10 heteroatoms. The second kappa shape index (κ2) is 7.79. The molecule has 0 aliphatic carbocycles. The van der Waals surface area contributed by atoms with Crippen LogP contribution in [0.25, 0.3) is 0 Å². The van der Waals surface area contributed by atoms with Gasteiger partial charge in [0.05, 0.1) is 11.5 Å². The number of aryl methyl sites for hydroxylation is 1. The molecule has 1 fully saturated rings. The SMILES string of the molecule is CCN(C(=O)[C@H](C)OC(=O)c1c[nH]c(C)c(Cl)c1=O)[C@@H]1CCS(=O)(=O)C1. The van der Waals surface area contributed by atoms with E-state index in [9.17, 15) is 22.8 Å². The van der Waals surface area contributed by atoms with Crippen LogP contribution < -0.4 is 5.43 Å². The van der Waals surface area contributed by atoms with E-state index in [1.54, 1.807) is 13.8 Å². The number of esters is 1. The number of nitrogens with zero attached hydrogens (tertiary/aromatic N) is 1. The van der Waals surface area contributed by atoms with E-state index in [1.165, 1.54) is 18.0 Å². The Morgan fingerprint density at radius 2 is 2.12 bits per heavy atom. The normalized spacial score (nSPS) is 19.8. The fourth-order valence-electron chi connectivity index (χ4n) is 2.87. The summed E-state index contributed by atoms with van der Waals surface area (Å²) in [7, 11) is -3.15. The van der Waals surface area contributed by atoms with Gasteiger partial charge in [-0.15, -0.1) is 0 Å². The maximum Gasteiger partial charge on any atom is 0.344 e. The van der Waals surface area contributed by atoms with Gasteiger partial charge in [-0.05, 0) is 27.2 Å². The summed E-state index contributed by atoms with van der Waals surface area (Å²) in [5.41, 5.74) is -0.564. The molecule has 1 N–H and O–H groups in total. The standard InChI is InChI=1S/C16H21ClN2O6S/c1-4-19(11-5-6-26(23,24)8-11)15(21)10(3)25-16(22)12-7-18-9(2)13(17)14(12)20/h7,10-11H,4-6,8H2,1-3H3,(H,18,20)/t10-,11+/m0/s1. The molecular weight excluding hydrogens is 384 g/mol. The zero-order chi connectivity index (χ0) is 19.6. The van der Waals surface area contributed by atoms with Crippen molar-refractivity contribution in [1.82, 2.24) is 9.88 Å². The van der Waals surface area contributed by atoms with Gasteiger partial charge in [-0.1, -0.05) is 11.6 Å². The molecule has 0 unspecified atom stereocenters. The van der Waals surface area contributed by atoms with Crippen molar-refractivity contribution in [3.8, 4) is 0 Å². The summed E-state index contributed by atoms with van der Waals surface area (Å²) < 4.78 is 28.4. The summed E-state index contributed by atoms with van der Waals surface area (Å²) in [6, 6.07) is -0.434. The van der Waals surface area contributed by atoms with Crippen molar-refractivity contribution in [2.24, 2.45) is 0 Å². The third kappa shape index (κ3) is 4.27. The number of sulfone groups is 1. The van der Waals surface area contributed by atoms with Gasteiger partial charge in [0.15, 0.2) is 15.9 Å². The second-order valence-electron chi connectivity index (χ2n) is 6.20. The molecule has 26 heavy (non-hydrogen) atoms. The van der Waals surface area contributed by atoms with Gasteiger partial charge < -0.3 is 14.6 Å². The monoisotopic (exact) mass is 404 g/mol. The van der Waals surface area contributed by atoms with Crippen molar-refractivity contribution in [1.29, 1.82) is 0 Å². The van der Waals surface area contributed by atoms with Gasteiger partial charge in [0.25, 0.3) is 5.91 Å². The van der Waals surface area contributed by atoms with Crippen LogP contribution in [0.2, 0.25) is 5.02 Å². The number of aromatic amines is 1. The molecule has 1 aliphatic rings. The quantitative estimate of drug-likeness (QED) is 0.730. The zero-order valence-corrected chi connectivity index (χ0v) is 16.3. The second-order valence-corrected chi connectivity index (χ2v) is 8.81. The maximum atomic E-state index is 12.6. The molecule has 144 valence electrons. The molecule has 0 spiro atoms. The van der Waals surface area contributed by atoms with Gasteiger partial charge in [-0.25, -0.2) is 13.2 Å². The molecule has 0 aromatic carbocycles. The first-order valence-electron chi connectivity index (χ1n) is 8.17. The summed E-state index contributed by atoms with van der Waals surface area (Å²) in [5.74, 6) is -1.53. The average molecular weight is 405 g/mol. The fraction of sp³-hybridized carbons (Fsp3) is 0.562. The molecule has 2 atom stereocenters. The van der Waals surface area contributed by atoms with Crippen molar-refractivity contribution >= 4 is 33.3 Å². The lowest BCUT2D eigenvalue weighted by atomic mass is 10.2. The first-order chi connectivity index (χ1) is 12.1. The van der Waals surface area contributed by atoms with E-state index in [2.05, 4.69) is 4.98 Å². The van der Waals surface area contributed by atoms with E-state index in [4.69, 9.17) is 16.3 Å². The predicted octanol–water partition coefficient (Wildman–Crippen LogP) is 0.918. The minimum absolute atomic E-state index is 0.0346. The molecule has 2 rings (SSSR count). The number of aromatic nitrogens is 1. The smallest absolute Gasteiger partial charge is 0.344 e. The Hall–Kier alpha value is -1.87. The van der Waals surface area contributed by atoms with Crippen molar-refractivity contribution in [3.63, 3.8) is 0 Å². The number of likely N-dealkylation sites (N-methyl/N-ethyl adjacent to an activating group) is 1. The number of hydrogen-bond acceptors (Lipinski definition) is 6. The number of pyridine rings is 1. The molecule has 1 aromatic heterocycles. The van der Waals surface area contributed by atoms with E-state index >= 15 is 0 Å². The first-order valence-corrected chi connectivity index (χ1v) is 10.4. The van der Waals surface area contributed by atoms with Crippen molar-refractivity contribution < 1.29 is 22.7 Å². The Kier molecular flexibility index (Phi) is 6.13. The fourth-order valence-corrected chi connectivity index (χ4v) is 4.76. The van der Waals surface area contributed by atoms with Gasteiger partial charge in [-0.2, -0.15) is 0 Å². The van der Waals surface area contributed by atoms with Crippen LogP contribution in [-0.2, 0) is 19.4 Å². The molecule has 1 aromatic rings. The van der Waals surface area contributed by atoms with Gasteiger partial charge in [0.2, 0.25) is 5.43 Å². The highest BCUT2D eigenvalue weighted by Gasteiger charge is 2.36. The lowest BCUT2D eigenvalue weighted by Crippen LogP contribution is -2.46. The lowest BCUT2D eigenvalue weighted by Gasteiger charge is -2.29. The number of rotatable bonds is 5. The van der Waals surface area contributed by atoms with Crippen LogP contribution in [0.15, 0.2) is 11.0 Å². The molecule has 1 amide bonds. The molecule has 0 saturated carbocycles. The Morgan fingerprint density at radius 1 is 1.46 bits per heavy atom. The van der Waals surface area contributed by atoms with Crippen molar-refractivity contribution in [3.05, 3.63) is 32.7 Å². The first kappa shape index (κ1) is 20.4. The summed E-state index contributed by atoms with van der Waals surface area (Å²) >= 11 is 5.83. The number of carbonyl (C=O) groups excluding carboxylic acids is 2. The van der Waals surface area contributed by atoms with E-state index in [1.807, 2.05) is 0 Å². The number of ether oxygens (including phenoxy) is 1. The van der Waals surface area contributed by atoms with Crippen LogP contribution in [0, 0.1) is 6.92 Å². The summed E-state index contributed by atoms with van der Waals surface area (Å²) in [6.07, 6.45) is 0.380. The van der Waals surface area contributed by atoms with Gasteiger partial charge in [-0.3, -0.25) is 9.59 Å². The Balaban J connectivity index is 2.12. The molecule has 1 saturated heterocycles. The van der Waals surface area contributed by atoms with Gasteiger partial charge in [0.1, 0.15) is 10.6 Å². The number of hydrogen-bond donors (Lipinski definition) is 1. The van der Waals surface area contributed by atoms with Crippen LogP contribution in [0.1, 0.15) is 36.3 Å². The lowest BCUT2D eigenvalue weighted by molar-refractivity contribution is -0.141. The van der Waals surface area contributed by atoms with E-state index < -0.39 is 39.3 Å². The summed E-state index contributed by atoms with van der Waals surface area (Å²) in [6.45, 7) is 4.98. The topological polar surface area (TPSA) is 114 Å². The molecule has 0 bridgehead atoms. The van der Waals surface area contributed by atoms with Gasteiger partial charge in [0, 0.05) is 24.5 Å². The van der Waals surface area contributed by atoms with E-state index in [0.29, 0.717) is 12.1 Å². The number of halogens is 1. The van der Waals surface area contributed by atoms with Crippen LogP contribution in [0.5, 0.6) is 0 Å². The largest absolute Gasteiger partial charge is 0.449 e. The van der Waals surface area contributed by atoms with Crippen molar-refractivity contribution in [2.45, 2.75) is 39.3 Å². The third-order valence-corrected chi connectivity index (χ3v) is 6.54. The average Bonchev–Trinajstić information content (AvgIpc) is 2.92. The van der Waals surface area contributed by atoms with Crippen LogP contribution in [0.3, 0.4) is 0 Å². The number of nitrogens with one attached hydrogen (secondary N) is 1. The number of amides is 1. The Morgan fingerprint density at radius 3 is 2.65 bits per heavy atom. The van der Waals surface area contributed by atoms with E-state index in [-0.39, 0.29) is 28.6 Å². The minimum atomic E-state index is -3.15. The third-order valence-electron chi connectivity index (χ3n) is 4.33. The minimum Gasteiger partial charge on any atom is -0.449 e. The van der Waals surface area contributed by atoms with Crippen LogP contribution >= 0.6 is 11.6 Å².